The van der Waals surface area contributed by atoms with Crippen molar-refractivity contribution in [2.45, 2.75) is 31.7 Å². The molecule has 9 heteroatoms. The van der Waals surface area contributed by atoms with E-state index >= 15 is 0 Å². The van der Waals surface area contributed by atoms with Crippen LogP contribution in [0.25, 0.3) is 0 Å². The first-order chi connectivity index (χ1) is 12.7. The number of ether oxygens (including phenoxy) is 1. The molecule has 1 fully saturated rings. The third-order valence-corrected chi connectivity index (χ3v) is 5.55. The Morgan fingerprint density at radius 3 is 2.25 bits per heavy atom. The second-order valence-corrected chi connectivity index (χ2v) is 9.72. The van der Waals surface area contributed by atoms with E-state index < -0.39 is 9.84 Å². The topological polar surface area (TPSA) is 83.0 Å². The molecule has 1 aliphatic heterocycles. The molecule has 0 atom stereocenters. The first-order valence-corrected chi connectivity index (χ1v) is 11.3. The fourth-order valence-corrected chi connectivity index (χ4v) is 3.84. The van der Waals surface area contributed by atoms with Crippen LogP contribution in [0.1, 0.15) is 25.0 Å². The van der Waals surface area contributed by atoms with Gasteiger partial charge in [-0.2, -0.15) is 0 Å². The number of nitrogens with zero attached hydrogens (tertiary/aromatic N) is 2. The first kappa shape index (κ1) is 25.1. The Morgan fingerprint density at radius 1 is 1.14 bits per heavy atom. The predicted octanol–water partition coefficient (Wildman–Crippen LogP) is 1.62. The van der Waals surface area contributed by atoms with Gasteiger partial charge in [0.05, 0.1) is 19.0 Å². The summed E-state index contributed by atoms with van der Waals surface area (Å²) in [5.74, 6) is 0.817. The van der Waals surface area contributed by atoms with Gasteiger partial charge in [-0.15, -0.1) is 24.0 Å². The SMILES string of the molecule is CN=C(NCc1ccc(CS(C)(=O)=O)cc1)NCC(C)(C)N1CCOCC1.I. The second-order valence-electron chi connectivity index (χ2n) is 7.58. The zero-order valence-electron chi connectivity index (χ0n) is 17.2. The highest BCUT2D eigenvalue weighted by atomic mass is 127. The van der Waals surface area contributed by atoms with Crippen LogP contribution in [0.4, 0.5) is 0 Å². The van der Waals surface area contributed by atoms with Gasteiger partial charge in [-0.25, -0.2) is 8.42 Å². The maximum absolute atomic E-state index is 11.4. The summed E-state index contributed by atoms with van der Waals surface area (Å²) in [6, 6.07) is 7.60. The molecule has 28 heavy (non-hydrogen) atoms. The molecule has 0 bridgehead atoms. The van der Waals surface area contributed by atoms with Crippen LogP contribution < -0.4 is 10.6 Å². The van der Waals surface area contributed by atoms with Crippen LogP contribution in [0.2, 0.25) is 0 Å². The predicted molar refractivity (Wildman–Crippen MR) is 125 cm³/mol. The number of guanidine groups is 1. The molecule has 2 rings (SSSR count). The van der Waals surface area contributed by atoms with Gasteiger partial charge in [0.25, 0.3) is 0 Å². The normalized spacial score (nSPS) is 16.4. The minimum absolute atomic E-state index is 0. The number of hydrogen-bond acceptors (Lipinski definition) is 5. The van der Waals surface area contributed by atoms with Gasteiger partial charge in [0, 0.05) is 45.0 Å². The Morgan fingerprint density at radius 2 is 1.71 bits per heavy atom. The fourth-order valence-electron chi connectivity index (χ4n) is 3.04. The molecule has 0 amide bonds. The lowest BCUT2D eigenvalue weighted by Crippen LogP contribution is -2.56. The van der Waals surface area contributed by atoms with Crippen LogP contribution in [-0.2, 0) is 26.9 Å². The van der Waals surface area contributed by atoms with Crippen molar-refractivity contribution in [1.82, 2.24) is 15.5 Å². The third kappa shape index (κ3) is 8.62. The Hall–Kier alpha value is -0.910. The Balaban J connectivity index is 0.00000392. The monoisotopic (exact) mass is 524 g/mol. The van der Waals surface area contributed by atoms with Gasteiger partial charge in [0.1, 0.15) is 0 Å². The summed E-state index contributed by atoms with van der Waals surface area (Å²) in [6.45, 7) is 9.30. The molecule has 0 radical (unpaired) electrons. The van der Waals surface area contributed by atoms with E-state index in [1.54, 1.807) is 7.05 Å². The molecule has 0 aliphatic carbocycles. The lowest BCUT2D eigenvalue weighted by atomic mass is 10.0. The van der Waals surface area contributed by atoms with Crippen molar-refractivity contribution in [3.63, 3.8) is 0 Å². The van der Waals surface area contributed by atoms with Crippen molar-refractivity contribution >= 4 is 39.8 Å². The van der Waals surface area contributed by atoms with Gasteiger partial charge in [0.2, 0.25) is 0 Å². The number of morpholine rings is 1. The average molecular weight is 524 g/mol. The molecular formula is C19H33IN4O3S. The van der Waals surface area contributed by atoms with E-state index in [0.29, 0.717) is 6.54 Å². The summed E-state index contributed by atoms with van der Waals surface area (Å²) in [6.07, 6.45) is 1.25. The number of aliphatic imine (C=N–C) groups is 1. The fraction of sp³-hybridized carbons (Fsp3) is 0.632. The van der Waals surface area contributed by atoms with Crippen molar-refractivity contribution in [2.75, 3.05) is 46.2 Å². The van der Waals surface area contributed by atoms with E-state index in [9.17, 15) is 8.42 Å². The maximum Gasteiger partial charge on any atom is 0.191 e. The molecule has 0 unspecified atom stereocenters. The molecule has 2 N–H and O–H groups in total. The third-order valence-electron chi connectivity index (χ3n) is 4.69. The number of hydrogen-bond donors (Lipinski definition) is 2. The Labute approximate surface area is 186 Å². The van der Waals surface area contributed by atoms with Crippen molar-refractivity contribution in [1.29, 1.82) is 0 Å². The molecule has 0 spiro atoms. The number of halogens is 1. The molecule has 0 aromatic heterocycles. The molecule has 7 nitrogen and oxygen atoms in total. The van der Waals surface area contributed by atoms with Crippen molar-refractivity contribution < 1.29 is 13.2 Å². The van der Waals surface area contributed by atoms with E-state index in [4.69, 9.17) is 4.74 Å². The van der Waals surface area contributed by atoms with Crippen LogP contribution >= 0.6 is 24.0 Å². The minimum atomic E-state index is -3.01. The highest BCUT2D eigenvalue weighted by Gasteiger charge is 2.28. The zero-order valence-corrected chi connectivity index (χ0v) is 20.3. The summed E-state index contributed by atoms with van der Waals surface area (Å²) in [4.78, 5) is 6.72. The summed E-state index contributed by atoms with van der Waals surface area (Å²) in [7, 11) is -1.25. The van der Waals surface area contributed by atoms with E-state index in [2.05, 4.69) is 34.4 Å². The molecular weight excluding hydrogens is 491 g/mol. The van der Waals surface area contributed by atoms with Crippen LogP contribution in [0.15, 0.2) is 29.3 Å². The smallest absolute Gasteiger partial charge is 0.191 e. The number of benzene rings is 1. The van der Waals surface area contributed by atoms with Crippen LogP contribution in [-0.4, -0.2) is 71.0 Å². The van der Waals surface area contributed by atoms with Crippen molar-refractivity contribution in [2.24, 2.45) is 4.99 Å². The molecule has 1 heterocycles. The van der Waals surface area contributed by atoms with E-state index in [1.165, 1.54) is 6.26 Å². The molecule has 160 valence electrons. The zero-order chi connectivity index (χ0) is 19.9. The lowest BCUT2D eigenvalue weighted by molar-refractivity contribution is -0.00834. The summed E-state index contributed by atoms with van der Waals surface area (Å²) in [5, 5.41) is 6.70. The molecule has 1 aliphatic rings. The number of sulfone groups is 1. The molecule has 1 saturated heterocycles. The van der Waals surface area contributed by atoms with Crippen LogP contribution in [0.3, 0.4) is 0 Å². The largest absolute Gasteiger partial charge is 0.379 e. The lowest BCUT2D eigenvalue weighted by Gasteiger charge is -2.41. The molecule has 1 aromatic rings. The average Bonchev–Trinajstić information content (AvgIpc) is 2.62. The first-order valence-electron chi connectivity index (χ1n) is 9.22. The highest BCUT2D eigenvalue weighted by Crippen LogP contribution is 2.15. The van der Waals surface area contributed by atoms with E-state index in [1.807, 2.05) is 24.3 Å². The standard InChI is InChI=1S/C19H32N4O3S.HI/c1-19(2,23-9-11-26-12-10-23)15-22-18(20-3)21-13-16-5-7-17(8-6-16)14-27(4,24)25;/h5-8H,9-15H2,1-4H3,(H2,20,21,22);1H. The molecule has 0 saturated carbocycles. The van der Waals surface area contributed by atoms with Gasteiger partial charge in [-0.05, 0) is 25.0 Å². The number of nitrogens with one attached hydrogen (secondary N) is 2. The molecule has 1 aromatic carbocycles. The van der Waals surface area contributed by atoms with Gasteiger partial charge in [0.15, 0.2) is 15.8 Å². The van der Waals surface area contributed by atoms with Crippen LogP contribution in [0.5, 0.6) is 0 Å². The van der Waals surface area contributed by atoms with Gasteiger partial charge < -0.3 is 15.4 Å². The van der Waals surface area contributed by atoms with Crippen molar-refractivity contribution in [3.8, 4) is 0 Å². The minimum Gasteiger partial charge on any atom is -0.379 e. The van der Waals surface area contributed by atoms with E-state index in [-0.39, 0.29) is 35.3 Å². The van der Waals surface area contributed by atoms with Gasteiger partial charge in [-0.3, -0.25) is 9.89 Å². The Bertz CT molecular complexity index is 730. The van der Waals surface area contributed by atoms with Gasteiger partial charge in [-0.1, -0.05) is 24.3 Å². The number of rotatable bonds is 7. The maximum atomic E-state index is 11.4. The quantitative estimate of drug-likeness (QED) is 0.321. The Kier molecular flexibility index (Phi) is 10.2. The highest BCUT2D eigenvalue weighted by molar-refractivity contribution is 14.0. The summed E-state index contributed by atoms with van der Waals surface area (Å²) in [5.41, 5.74) is 1.88. The summed E-state index contributed by atoms with van der Waals surface area (Å²) < 4.78 is 28.2. The van der Waals surface area contributed by atoms with Gasteiger partial charge >= 0.3 is 0 Å². The summed E-state index contributed by atoms with van der Waals surface area (Å²) >= 11 is 0. The van der Waals surface area contributed by atoms with E-state index in [0.717, 1.165) is 49.9 Å². The second kappa shape index (κ2) is 11.3. The van der Waals surface area contributed by atoms with Crippen LogP contribution in [0, 0.1) is 0 Å². The van der Waals surface area contributed by atoms with Crippen molar-refractivity contribution in [3.05, 3.63) is 35.4 Å².